The van der Waals surface area contributed by atoms with Gasteiger partial charge in [-0.15, -0.1) is 0 Å². The first-order valence-electron chi connectivity index (χ1n) is 5.47. The van der Waals surface area contributed by atoms with E-state index >= 15 is 0 Å². The van der Waals surface area contributed by atoms with E-state index in [1.54, 1.807) is 0 Å². The summed E-state index contributed by atoms with van der Waals surface area (Å²) in [6, 6.07) is 1.14. The van der Waals surface area contributed by atoms with Gasteiger partial charge in [-0.3, -0.25) is 0 Å². The van der Waals surface area contributed by atoms with Gasteiger partial charge in [0.2, 0.25) is 0 Å². The molecule has 1 aromatic rings. The molecular formula is C10H14FN3O5. The predicted octanol–water partition coefficient (Wildman–Crippen LogP) is -2.09. The third kappa shape index (κ3) is 1.82. The van der Waals surface area contributed by atoms with Crippen LogP contribution in [0.1, 0.15) is 6.92 Å². The van der Waals surface area contributed by atoms with Crippen molar-refractivity contribution in [3.63, 3.8) is 0 Å². The number of nitrogens with zero attached hydrogens (tertiary/aromatic N) is 2. The Balaban J connectivity index is 2.56. The standard InChI is InChI=1S/C10H14FN3O5/c1-9(18)7(16)5(4-15)19-10(9,11)14-3-2-6(12)13-8(14)17/h2-3,5,7,15-16,18H,4H2,1H3,(H2,12,13,17)/t5-,7-,9-,10+/m1/s1. The van der Waals surface area contributed by atoms with Gasteiger partial charge in [-0.1, -0.05) is 0 Å². The van der Waals surface area contributed by atoms with Crippen LogP contribution in [0.2, 0.25) is 0 Å². The highest BCUT2D eigenvalue weighted by molar-refractivity contribution is 5.24. The van der Waals surface area contributed by atoms with Crippen molar-refractivity contribution >= 4 is 5.82 Å². The Labute approximate surface area is 106 Å². The fourth-order valence-corrected chi connectivity index (χ4v) is 2.00. The molecule has 1 aliphatic heterocycles. The number of alkyl halides is 1. The van der Waals surface area contributed by atoms with Crippen molar-refractivity contribution < 1.29 is 24.4 Å². The Hall–Kier alpha value is -1.55. The lowest BCUT2D eigenvalue weighted by molar-refractivity contribution is -0.274. The molecule has 19 heavy (non-hydrogen) atoms. The van der Waals surface area contributed by atoms with E-state index < -0.39 is 36.1 Å². The second-order valence-electron chi connectivity index (χ2n) is 4.50. The number of hydrogen-bond donors (Lipinski definition) is 4. The fraction of sp³-hybridized carbons (Fsp3) is 0.600. The van der Waals surface area contributed by atoms with Gasteiger partial charge >= 0.3 is 11.7 Å². The molecule has 1 aromatic heterocycles. The highest BCUT2D eigenvalue weighted by Crippen LogP contribution is 2.43. The number of nitrogen functional groups attached to an aromatic ring is 1. The van der Waals surface area contributed by atoms with Gasteiger partial charge in [-0.05, 0) is 13.0 Å². The molecule has 0 aliphatic carbocycles. The van der Waals surface area contributed by atoms with Gasteiger partial charge < -0.3 is 25.8 Å². The number of halogens is 1. The minimum atomic E-state index is -3.06. The summed E-state index contributed by atoms with van der Waals surface area (Å²) < 4.78 is 20.0. The number of ether oxygens (including phenoxy) is 1. The molecule has 106 valence electrons. The van der Waals surface area contributed by atoms with Crippen molar-refractivity contribution in [2.24, 2.45) is 0 Å². The Kier molecular flexibility index (Phi) is 3.09. The first-order valence-corrected chi connectivity index (χ1v) is 5.47. The van der Waals surface area contributed by atoms with Crippen LogP contribution in [0.3, 0.4) is 0 Å². The summed E-state index contributed by atoms with van der Waals surface area (Å²) in [6.45, 7) is 0.232. The van der Waals surface area contributed by atoms with E-state index in [-0.39, 0.29) is 5.82 Å². The largest absolute Gasteiger partial charge is 0.394 e. The lowest BCUT2D eigenvalue weighted by Crippen LogP contribution is -2.56. The number of aliphatic hydroxyl groups excluding tert-OH is 2. The molecule has 2 heterocycles. The van der Waals surface area contributed by atoms with Crippen LogP contribution in [0.4, 0.5) is 10.2 Å². The van der Waals surface area contributed by atoms with E-state index in [9.17, 15) is 19.4 Å². The highest BCUT2D eigenvalue weighted by atomic mass is 19.2. The van der Waals surface area contributed by atoms with Gasteiger partial charge in [0.05, 0.1) is 6.61 Å². The van der Waals surface area contributed by atoms with Crippen molar-refractivity contribution in [1.82, 2.24) is 9.55 Å². The van der Waals surface area contributed by atoms with Gasteiger partial charge in [0, 0.05) is 6.20 Å². The molecule has 0 bridgehead atoms. The first-order chi connectivity index (χ1) is 8.74. The zero-order valence-electron chi connectivity index (χ0n) is 10.0. The van der Waals surface area contributed by atoms with Gasteiger partial charge in [0.25, 0.3) is 0 Å². The van der Waals surface area contributed by atoms with E-state index in [1.807, 2.05) is 0 Å². The van der Waals surface area contributed by atoms with Crippen LogP contribution in [-0.2, 0) is 10.7 Å². The summed E-state index contributed by atoms with van der Waals surface area (Å²) in [5.41, 5.74) is 1.75. The Morgan fingerprint density at radius 3 is 2.79 bits per heavy atom. The third-order valence-corrected chi connectivity index (χ3v) is 3.17. The molecule has 0 radical (unpaired) electrons. The van der Waals surface area contributed by atoms with Crippen LogP contribution in [0.15, 0.2) is 17.1 Å². The number of nitrogens with two attached hydrogens (primary N) is 1. The highest BCUT2D eigenvalue weighted by Gasteiger charge is 2.65. The molecule has 5 N–H and O–H groups in total. The maximum absolute atomic E-state index is 14.8. The normalized spacial score (nSPS) is 38.6. The molecule has 0 aromatic carbocycles. The van der Waals surface area contributed by atoms with E-state index in [1.165, 1.54) is 0 Å². The third-order valence-electron chi connectivity index (χ3n) is 3.17. The summed E-state index contributed by atoms with van der Waals surface area (Å²) in [4.78, 5) is 14.9. The second kappa shape index (κ2) is 4.23. The minimum Gasteiger partial charge on any atom is -0.394 e. The predicted molar refractivity (Wildman–Crippen MR) is 60.6 cm³/mol. The number of anilines is 1. The molecule has 2 rings (SSSR count). The molecule has 9 heteroatoms. The number of aliphatic hydroxyl groups is 3. The summed E-state index contributed by atoms with van der Waals surface area (Å²) in [6.07, 6.45) is -2.14. The zero-order valence-corrected chi connectivity index (χ0v) is 10.0. The quantitative estimate of drug-likeness (QED) is 0.486. The average Bonchev–Trinajstić information content (AvgIpc) is 2.50. The molecule has 0 amide bonds. The topological polar surface area (TPSA) is 131 Å². The van der Waals surface area contributed by atoms with Crippen molar-refractivity contribution in [2.75, 3.05) is 12.3 Å². The van der Waals surface area contributed by atoms with Crippen LogP contribution in [0.25, 0.3) is 0 Å². The van der Waals surface area contributed by atoms with Crippen LogP contribution in [0, 0.1) is 0 Å². The molecule has 1 aliphatic rings. The minimum absolute atomic E-state index is 0.123. The van der Waals surface area contributed by atoms with Gasteiger partial charge in [-0.2, -0.15) is 9.37 Å². The van der Waals surface area contributed by atoms with E-state index in [0.717, 1.165) is 19.2 Å². The number of rotatable bonds is 2. The Morgan fingerprint density at radius 2 is 2.32 bits per heavy atom. The fourth-order valence-electron chi connectivity index (χ4n) is 2.00. The Bertz CT molecular complexity index is 548. The molecule has 4 atom stereocenters. The number of aromatic nitrogens is 2. The van der Waals surface area contributed by atoms with Gasteiger partial charge in [0.15, 0.2) is 5.60 Å². The second-order valence-corrected chi connectivity index (χ2v) is 4.50. The summed E-state index contributed by atoms with van der Waals surface area (Å²) in [7, 11) is 0. The van der Waals surface area contributed by atoms with Gasteiger partial charge in [0.1, 0.15) is 18.0 Å². The molecule has 0 unspecified atom stereocenters. The lowest BCUT2D eigenvalue weighted by Gasteiger charge is -2.32. The SMILES string of the molecule is C[C@@]1(O)[C@H](O)[C@@H](CO)O[C@@]1(F)n1ccc(N)nc1=O. The van der Waals surface area contributed by atoms with E-state index in [0.29, 0.717) is 4.57 Å². The van der Waals surface area contributed by atoms with Crippen LogP contribution in [-0.4, -0.2) is 49.3 Å². The van der Waals surface area contributed by atoms with E-state index in [2.05, 4.69) is 4.98 Å². The van der Waals surface area contributed by atoms with Crippen molar-refractivity contribution in [1.29, 1.82) is 0 Å². The maximum Gasteiger partial charge on any atom is 0.354 e. The first kappa shape index (κ1) is 13.9. The monoisotopic (exact) mass is 275 g/mol. The summed E-state index contributed by atoms with van der Waals surface area (Å²) in [5, 5.41) is 28.7. The van der Waals surface area contributed by atoms with Crippen molar-refractivity contribution in [2.45, 2.75) is 30.7 Å². The van der Waals surface area contributed by atoms with Crippen LogP contribution >= 0.6 is 0 Å². The van der Waals surface area contributed by atoms with Crippen LogP contribution < -0.4 is 11.4 Å². The van der Waals surface area contributed by atoms with Crippen LogP contribution in [0.5, 0.6) is 0 Å². The summed E-state index contributed by atoms with van der Waals surface area (Å²) in [5.74, 6) is -3.18. The molecular weight excluding hydrogens is 261 g/mol. The lowest BCUT2D eigenvalue weighted by atomic mass is 9.95. The molecule has 0 spiro atoms. The molecule has 1 saturated heterocycles. The van der Waals surface area contributed by atoms with Crippen molar-refractivity contribution in [3.05, 3.63) is 22.7 Å². The van der Waals surface area contributed by atoms with E-state index in [4.69, 9.17) is 15.6 Å². The number of hydrogen-bond acceptors (Lipinski definition) is 7. The average molecular weight is 275 g/mol. The van der Waals surface area contributed by atoms with Crippen molar-refractivity contribution in [3.8, 4) is 0 Å². The molecule has 1 fully saturated rings. The zero-order chi connectivity index (χ0) is 14.4. The smallest absolute Gasteiger partial charge is 0.354 e. The molecule has 0 saturated carbocycles. The summed E-state index contributed by atoms with van der Waals surface area (Å²) >= 11 is 0. The Morgan fingerprint density at radius 1 is 1.68 bits per heavy atom. The van der Waals surface area contributed by atoms with Gasteiger partial charge in [-0.25, -0.2) is 9.36 Å². The molecule has 8 nitrogen and oxygen atoms in total. The maximum atomic E-state index is 14.8.